The summed E-state index contributed by atoms with van der Waals surface area (Å²) < 4.78 is 41.3. The summed E-state index contributed by atoms with van der Waals surface area (Å²) in [5.74, 6) is -1.06. The lowest BCUT2D eigenvalue weighted by atomic mass is 10.2. The van der Waals surface area contributed by atoms with Gasteiger partial charge in [-0.25, -0.2) is 12.8 Å². The summed E-state index contributed by atoms with van der Waals surface area (Å²) in [5, 5.41) is 4.14. The molecule has 1 aromatic heterocycles. The van der Waals surface area contributed by atoms with Crippen molar-refractivity contribution >= 4 is 54.6 Å². The van der Waals surface area contributed by atoms with Gasteiger partial charge in [-0.05, 0) is 53.9 Å². The van der Waals surface area contributed by atoms with Gasteiger partial charge >= 0.3 is 0 Å². The number of rotatable bonds is 5. The van der Waals surface area contributed by atoms with Crippen LogP contribution in [0.1, 0.15) is 10.4 Å². The lowest BCUT2D eigenvalue weighted by Gasteiger charge is -2.09. The largest absolute Gasteiger partial charge is 0.319 e. The van der Waals surface area contributed by atoms with Gasteiger partial charge in [-0.3, -0.25) is 9.52 Å². The van der Waals surface area contributed by atoms with E-state index in [4.69, 9.17) is 0 Å². The monoisotopic (exact) mass is 454 g/mol. The predicted molar refractivity (Wildman–Crippen MR) is 104 cm³/mol. The number of thiophene rings is 1. The van der Waals surface area contributed by atoms with Crippen molar-refractivity contribution in [1.82, 2.24) is 0 Å². The maximum atomic E-state index is 13.8. The first-order valence-electron chi connectivity index (χ1n) is 7.28. The molecule has 9 heteroatoms. The Labute approximate surface area is 162 Å². The molecule has 0 fully saturated rings. The molecule has 0 bridgehead atoms. The number of nitrogens with one attached hydrogen (secondary N) is 2. The zero-order valence-electron chi connectivity index (χ0n) is 13.1. The van der Waals surface area contributed by atoms with Crippen molar-refractivity contribution in [3.63, 3.8) is 0 Å². The van der Waals surface area contributed by atoms with E-state index in [2.05, 4.69) is 26.0 Å². The number of amides is 1. The van der Waals surface area contributed by atoms with Crippen LogP contribution in [0.2, 0.25) is 0 Å². The predicted octanol–water partition coefficient (Wildman–Crippen LogP) is 4.70. The summed E-state index contributed by atoms with van der Waals surface area (Å²) in [7, 11) is -3.65. The first kappa shape index (κ1) is 18.6. The summed E-state index contributed by atoms with van der Waals surface area (Å²) in [6, 6.07) is 13.3. The number of sulfonamides is 1. The summed E-state index contributed by atoms with van der Waals surface area (Å²) in [6.45, 7) is 0. The number of anilines is 2. The van der Waals surface area contributed by atoms with Gasteiger partial charge in [0.25, 0.3) is 15.9 Å². The molecule has 0 saturated carbocycles. The number of carbonyl (C=O) groups excluding carboxylic acids is 1. The molecule has 0 spiro atoms. The normalized spacial score (nSPS) is 11.2. The molecule has 0 saturated heterocycles. The molecule has 26 heavy (non-hydrogen) atoms. The van der Waals surface area contributed by atoms with Crippen molar-refractivity contribution in [3.05, 3.63) is 75.8 Å². The second-order valence-electron chi connectivity index (χ2n) is 5.19. The smallest absolute Gasteiger partial charge is 0.271 e. The van der Waals surface area contributed by atoms with Crippen molar-refractivity contribution in [2.75, 3.05) is 10.0 Å². The molecule has 3 aromatic rings. The summed E-state index contributed by atoms with van der Waals surface area (Å²) in [4.78, 5) is 12.2. The molecule has 134 valence electrons. The van der Waals surface area contributed by atoms with E-state index >= 15 is 0 Å². The van der Waals surface area contributed by atoms with Gasteiger partial charge in [0.05, 0.1) is 5.69 Å². The van der Waals surface area contributed by atoms with Crippen LogP contribution < -0.4 is 10.0 Å². The zero-order chi connectivity index (χ0) is 18.7. The molecule has 0 aliphatic carbocycles. The minimum Gasteiger partial charge on any atom is -0.319 e. The molecule has 3 rings (SSSR count). The van der Waals surface area contributed by atoms with Crippen LogP contribution >= 0.6 is 27.3 Å². The molecule has 1 amide bonds. The van der Waals surface area contributed by atoms with Gasteiger partial charge < -0.3 is 5.32 Å². The van der Waals surface area contributed by atoms with Crippen LogP contribution in [0.4, 0.5) is 15.8 Å². The molecule has 2 N–H and O–H groups in total. The third-order valence-electron chi connectivity index (χ3n) is 3.34. The van der Waals surface area contributed by atoms with Crippen molar-refractivity contribution < 1.29 is 17.6 Å². The third-order valence-corrected chi connectivity index (χ3v) is 6.61. The van der Waals surface area contributed by atoms with Gasteiger partial charge in [0.2, 0.25) is 0 Å². The van der Waals surface area contributed by atoms with E-state index in [0.29, 0.717) is 10.2 Å². The highest BCUT2D eigenvalue weighted by atomic mass is 79.9. The van der Waals surface area contributed by atoms with E-state index in [1.54, 1.807) is 17.5 Å². The average molecular weight is 455 g/mol. The minimum absolute atomic E-state index is 0.0562. The van der Waals surface area contributed by atoms with Crippen LogP contribution in [0.5, 0.6) is 0 Å². The average Bonchev–Trinajstić information content (AvgIpc) is 3.13. The van der Waals surface area contributed by atoms with Gasteiger partial charge in [-0.15, -0.1) is 11.3 Å². The molecule has 0 radical (unpaired) electrons. The maximum absolute atomic E-state index is 13.8. The first-order valence-corrected chi connectivity index (χ1v) is 10.4. The quantitative estimate of drug-likeness (QED) is 0.586. The fraction of sp³-hybridized carbons (Fsp3) is 0. The number of hydrogen-bond acceptors (Lipinski definition) is 4. The Kier molecular flexibility index (Phi) is 5.40. The SMILES string of the molecule is O=C(Nc1ccc(Br)cc1F)c1ccc(NS(=O)(=O)c2cccs2)cc1. The Bertz CT molecular complexity index is 1040. The lowest BCUT2D eigenvalue weighted by molar-refractivity contribution is 0.102. The Balaban J connectivity index is 1.72. The summed E-state index contributed by atoms with van der Waals surface area (Å²) >= 11 is 4.25. The van der Waals surface area contributed by atoms with Gasteiger partial charge in [0.1, 0.15) is 10.0 Å². The fourth-order valence-corrected chi connectivity index (χ4v) is 4.48. The number of halogens is 2. The standard InChI is InChI=1S/C17H12BrFN2O3S2/c18-12-5-8-15(14(19)10-12)20-17(22)11-3-6-13(7-4-11)21-26(23,24)16-2-1-9-25-16/h1-10,21H,(H,20,22). The number of carbonyl (C=O) groups is 1. The molecule has 0 aliphatic heterocycles. The van der Waals surface area contributed by atoms with Gasteiger partial charge in [-0.1, -0.05) is 22.0 Å². The first-order chi connectivity index (χ1) is 12.3. The summed E-state index contributed by atoms with van der Waals surface area (Å²) in [5.41, 5.74) is 0.650. The molecule has 0 aliphatic rings. The molecule has 0 unspecified atom stereocenters. The number of hydrogen-bond donors (Lipinski definition) is 2. The fourth-order valence-electron chi connectivity index (χ4n) is 2.10. The van der Waals surface area contributed by atoms with Gasteiger partial charge in [0, 0.05) is 15.7 Å². The summed E-state index contributed by atoms with van der Waals surface area (Å²) in [6.07, 6.45) is 0. The molecule has 0 atom stereocenters. The minimum atomic E-state index is -3.65. The van der Waals surface area contributed by atoms with Crippen LogP contribution in [0.3, 0.4) is 0 Å². The van der Waals surface area contributed by atoms with E-state index in [0.717, 1.165) is 11.3 Å². The highest BCUT2D eigenvalue weighted by Crippen LogP contribution is 2.22. The highest BCUT2D eigenvalue weighted by molar-refractivity contribution is 9.10. The molecule has 1 heterocycles. The van der Waals surface area contributed by atoms with Crippen molar-refractivity contribution in [2.24, 2.45) is 0 Å². The Morgan fingerprint density at radius 2 is 1.81 bits per heavy atom. The van der Waals surface area contributed by atoms with E-state index < -0.39 is 21.7 Å². The van der Waals surface area contributed by atoms with Gasteiger partial charge in [0.15, 0.2) is 0 Å². The Morgan fingerprint density at radius 1 is 1.08 bits per heavy atom. The second-order valence-corrected chi connectivity index (χ2v) is 8.97. The third kappa shape index (κ3) is 4.29. The second kappa shape index (κ2) is 7.56. The molecular formula is C17H12BrFN2O3S2. The van der Waals surface area contributed by atoms with Crippen LogP contribution in [-0.4, -0.2) is 14.3 Å². The van der Waals surface area contributed by atoms with Crippen molar-refractivity contribution in [2.45, 2.75) is 4.21 Å². The van der Waals surface area contributed by atoms with E-state index in [1.165, 1.54) is 42.5 Å². The molecule has 5 nitrogen and oxygen atoms in total. The van der Waals surface area contributed by atoms with Crippen LogP contribution in [0, 0.1) is 5.82 Å². The van der Waals surface area contributed by atoms with Crippen LogP contribution in [0.25, 0.3) is 0 Å². The van der Waals surface area contributed by atoms with Crippen LogP contribution in [0.15, 0.2) is 68.7 Å². The molecule has 2 aromatic carbocycles. The molecular weight excluding hydrogens is 443 g/mol. The zero-order valence-corrected chi connectivity index (χ0v) is 16.3. The van der Waals surface area contributed by atoms with E-state index in [-0.39, 0.29) is 15.5 Å². The topological polar surface area (TPSA) is 75.3 Å². The van der Waals surface area contributed by atoms with Crippen molar-refractivity contribution in [3.8, 4) is 0 Å². The van der Waals surface area contributed by atoms with Crippen molar-refractivity contribution in [1.29, 1.82) is 0 Å². The highest BCUT2D eigenvalue weighted by Gasteiger charge is 2.15. The lowest BCUT2D eigenvalue weighted by Crippen LogP contribution is -2.14. The van der Waals surface area contributed by atoms with Gasteiger partial charge in [-0.2, -0.15) is 0 Å². The Morgan fingerprint density at radius 3 is 2.42 bits per heavy atom. The van der Waals surface area contributed by atoms with E-state index in [1.807, 2.05) is 0 Å². The van der Waals surface area contributed by atoms with E-state index in [9.17, 15) is 17.6 Å². The maximum Gasteiger partial charge on any atom is 0.271 e. The number of benzene rings is 2. The van der Waals surface area contributed by atoms with Crippen LogP contribution in [-0.2, 0) is 10.0 Å². The Hall–Kier alpha value is -2.23.